The lowest BCUT2D eigenvalue weighted by Gasteiger charge is -2.26. The quantitative estimate of drug-likeness (QED) is 0.896. The minimum absolute atomic E-state index is 0.234. The molecule has 1 unspecified atom stereocenters. The monoisotopic (exact) mass is 281 g/mol. The number of ether oxygens (including phenoxy) is 1. The van der Waals surface area contributed by atoms with Crippen molar-refractivity contribution in [3.8, 4) is 0 Å². The molecule has 2 heteroatoms. The Bertz CT molecular complexity index is 480. The van der Waals surface area contributed by atoms with Gasteiger partial charge in [0.05, 0.1) is 12.1 Å². The van der Waals surface area contributed by atoms with Gasteiger partial charge in [0, 0.05) is 13.2 Å². The lowest BCUT2D eigenvalue weighted by molar-refractivity contribution is 0.0159. The van der Waals surface area contributed by atoms with Gasteiger partial charge in [-0.15, -0.1) is 0 Å². The molecule has 0 aromatic heterocycles. The maximum Gasteiger partial charge on any atom is 0.0699 e. The molecule has 1 atom stereocenters. The Morgan fingerprint density at radius 3 is 2.05 bits per heavy atom. The van der Waals surface area contributed by atoms with Gasteiger partial charge < -0.3 is 10.1 Å². The normalized spacial score (nSPS) is 18.8. The number of benzene rings is 2. The summed E-state index contributed by atoms with van der Waals surface area (Å²) in [6, 6.07) is 21.5. The molecule has 0 amide bonds. The second-order valence-electron chi connectivity index (χ2n) is 5.65. The lowest BCUT2D eigenvalue weighted by Crippen LogP contribution is -2.34. The van der Waals surface area contributed by atoms with E-state index in [1.807, 2.05) is 0 Å². The lowest BCUT2D eigenvalue weighted by atomic mass is 9.98. The maximum atomic E-state index is 5.84. The smallest absolute Gasteiger partial charge is 0.0699 e. The number of nitrogens with one attached hydrogen (secondary N) is 1. The molecule has 2 aromatic rings. The van der Waals surface area contributed by atoms with E-state index in [0.717, 1.165) is 13.2 Å². The highest BCUT2D eigenvalue weighted by molar-refractivity contribution is 5.31. The summed E-state index contributed by atoms with van der Waals surface area (Å²) in [5.74, 6) is 0. The van der Waals surface area contributed by atoms with Crippen molar-refractivity contribution in [2.24, 2.45) is 0 Å². The van der Waals surface area contributed by atoms with E-state index in [0.29, 0.717) is 6.10 Å². The molecule has 1 aliphatic rings. The second kappa shape index (κ2) is 7.39. The molecule has 1 heterocycles. The summed E-state index contributed by atoms with van der Waals surface area (Å²) < 4.78 is 5.84. The topological polar surface area (TPSA) is 21.3 Å². The van der Waals surface area contributed by atoms with Crippen LogP contribution in [0.15, 0.2) is 60.7 Å². The van der Waals surface area contributed by atoms with E-state index < -0.39 is 0 Å². The molecule has 1 N–H and O–H groups in total. The molecule has 2 nitrogen and oxygen atoms in total. The van der Waals surface area contributed by atoms with Gasteiger partial charge in [0.15, 0.2) is 0 Å². The van der Waals surface area contributed by atoms with Gasteiger partial charge in [-0.3, -0.25) is 0 Å². The first kappa shape index (κ1) is 14.3. The van der Waals surface area contributed by atoms with E-state index in [9.17, 15) is 0 Å². The van der Waals surface area contributed by atoms with Crippen LogP contribution in [0.25, 0.3) is 0 Å². The van der Waals surface area contributed by atoms with Crippen LogP contribution in [-0.2, 0) is 4.74 Å². The van der Waals surface area contributed by atoms with E-state index in [1.165, 1.54) is 30.4 Å². The van der Waals surface area contributed by atoms with E-state index in [-0.39, 0.29) is 6.04 Å². The predicted molar refractivity (Wildman–Crippen MR) is 86.3 cm³/mol. The van der Waals surface area contributed by atoms with E-state index >= 15 is 0 Å². The van der Waals surface area contributed by atoms with Crippen molar-refractivity contribution in [3.05, 3.63) is 71.8 Å². The zero-order valence-electron chi connectivity index (χ0n) is 12.4. The van der Waals surface area contributed by atoms with Crippen LogP contribution in [0.5, 0.6) is 0 Å². The van der Waals surface area contributed by atoms with E-state index in [1.54, 1.807) is 0 Å². The highest BCUT2D eigenvalue weighted by atomic mass is 16.5. The number of rotatable bonds is 5. The fraction of sp³-hybridized carbons (Fsp3) is 0.368. The molecule has 0 aliphatic carbocycles. The summed E-state index contributed by atoms with van der Waals surface area (Å²) in [6.07, 6.45) is 4.02. The highest BCUT2D eigenvalue weighted by Crippen LogP contribution is 2.22. The van der Waals surface area contributed by atoms with Gasteiger partial charge in [-0.1, -0.05) is 60.7 Å². The number of hydrogen-bond acceptors (Lipinski definition) is 2. The molecule has 3 rings (SSSR count). The van der Waals surface area contributed by atoms with Crippen LogP contribution in [0.4, 0.5) is 0 Å². The van der Waals surface area contributed by atoms with Crippen molar-refractivity contribution in [1.82, 2.24) is 5.32 Å². The van der Waals surface area contributed by atoms with Crippen LogP contribution in [0.3, 0.4) is 0 Å². The van der Waals surface area contributed by atoms with E-state index in [4.69, 9.17) is 4.74 Å². The third kappa shape index (κ3) is 3.93. The Morgan fingerprint density at radius 2 is 1.52 bits per heavy atom. The van der Waals surface area contributed by atoms with Crippen LogP contribution >= 0.6 is 0 Å². The van der Waals surface area contributed by atoms with Crippen LogP contribution in [0, 0.1) is 0 Å². The van der Waals surface area contributed by atoms with Gasteiger partial charge in [0.1, 0.15) is 0 Å². The first-order valence-corrected chi connectivity index (χ1v) is 7.88. The second-order valence-corrected chi connectivity index (χ2v) is 5.65. The van der Waals surface area contributed by atoms with Crippen molar-refractivity contribution in [2.75, 3.05) is 13.2 Å². The zero-order valence-corrected chi connectivity index (χ0v) is 12.4. The SMILES string of the molecule is c1ccc(C(NCC2CCCCO2)c2ccccc2)cc1. The van der Waals surface area contributed by atoms with Crippen molar-refractivity contribution in [1.29, 1.82) is 0 Å². The molecular weight excluding hydrogens is 258 g/mol. The molecular formula is C19H23NO. The molecule has 2 aromatic carbocycles. The van der Waals surface area contributed by atoms with Crippen LogP contribution in [-0.4, -0.2) is 19.3 Å². The van der Waals surface area contributed by atoms with Gasteiger partial charge in [-0.25, -0.2) is 0 Å². The van der Waals surface area contributed by atoms with E-state index in [2.05, 4.69) is 66.0 Å². The van der Waals surface area contributed by atoms with Crippen molar-refractivity contribution in [3.63, 3.8) is 0 Å². The van der Waals surface area contributed by atoms with Gasteiger partial charge >= 0.3 is 0 Å². The molecule has 21 heavy (non-hydrogen) atoms. The number of hydrogen-bond donors (Lipinski definition) is 1. The van der Waals surface area contributed by atoms with Gasteiger partial charge in [0.2, 0.25) is 0 Å². The summed E-state index contributed by atoms with van der Waals surface area (Å²) in [6.45, 7) is 1.82. The van der Waals surface area contributed by atoms with Crippen LogP contribution < -0.4 is 5.32 Å². The van der Waals surface area contributed by atoms with Crippen molar-refractivity contribution in [2.45, 2.75) is 31.4 Å². The fourth-order valence-corrected chi connectivity index (χ4v) is 2.94. The van der Waals surface area contributed by atoms with Crippen LogP contribution in [0.1, 0.15) is 36.4 Å². The molecule has 0 bridgehead atoms. The van der Waals surface area contributed by atoms with Gasteiger partial charge in [-0.05, 0) is 30.4 Å². The molecule has 0 radical (unpaired) electrons. The predicted octanol–water partition coefficient (Wildman–Crippen LogP) is 3.93. The molecule has 1 fully saturated rings. The summed E-state index contributed by atoms with van der Waals surface area (Å²) in [7, 11) is 0. The largest absolute Gasteiger partial charge is 0.377 e. The first-order chi connectivity index (χ1) is 10.4. The standard InChI is InChI=1S/C19H23NO/c1-3-9-16(10-4-1)19(17-11-5-2-6-12-17)20-15-18-13-7-8-14-21-18/h1-6,9-12,18-20H,7-8,13-15H2. The fourth-order valence-electron chi connectivity index (χ4n) is 2.94. The Morgan fingerprint density at radius 1 is 0.905 bits per heavy atom. The molecule has 110 valence electrons. The third-order valence-electron chi connectivity index (χ3n) is 4.09. The Kier molecular flexibility index (Phi) is 5.03. The van der Waals surface area contributed by atoms with Crippen LogP contribution in [0.2, 0.25) is 0 Å². The highest BCUT2D eigenvalue weighted by Gasteiger charge is 2.18. The minimum Gasteiger partial charge on any atom is -0.377 e. The molecule has 1 aliphatic heterocycles. The summed E-state index contributed by atoms with van der Waals surface area (Å²) in [5.41, 5.74) is 2.61. The third-order valence-corrected chi connectivity index (χ3v) is 4.09. The van der Waals surface area contributed by atoms with Gasteiger partial charge in [0.25, 0.3) is 0 Å². The Hall–Kier alpha value is -1.64. The Balaban J connectivity index is 1.73. The molecule has 0 spiro atoms. The van der Waals surface area contributed by atoms with Crippen molar-refractivity contribution < 1.29 is 4.74 Å². The zero-order chi connectivity index (χ0) is 14.3. The first-order valence-electron chi connectivity index (χ1n) is 7.88. The summed E-state index contributed by atoms with van der Waals surface area (Å²) in [5, 5.41) is 3.70. The Labute approximate surface area is 127 Å². The van der Waals surface area contributed by atoms with Gasteiger partial charge in [-0.2, -0.15) is 0 Å². The van der Waals surface area contributed by atoms with Crippen molar-refractivity contribution >= 4 is 0 Å². The maximum absolute atomic E-state index is 5.84. The average molecular weight is 281 g/mol. The summed E-state index contributed by atoms with van der Waals surface area (Å²) >= 11 is 0. The molecule has 1 saturated heterocycles. The molecule has 0 saturated carbocycles. The average Bonchev–Trinajstić information content (AvgIpc) is 2.58. The summed E-state index contributed by atoms with van der Waals surface area (Å²) in [4.78, 5) is 0. The minimum atomic E-state index is 0.234.